The molecule has 1 aliphatic rings. The molecule has 1 aromatic heterocycles. The summed E-state index contributed by atoms with van der Waals surface area (Å²) >= 11 is 0. The van der Waals surface area contributed by atoms with Crippen molar-refractivity contribution < 1.29 is 5.11 Å². The molecule has 1 unspecified atom stereocenters. The van der Waals surface area contributed by atoms with Crippen LogP contribution in [0.15, 0.2) is 6.33 Å². The maximum Gasteiger partial charge on any atom is 0.138 e. The number of unbranched alkanes of at least 4 members (excludes halogenated alkanes) is 1. The van der Waals surface area contributed by atoms with E-state index >= 15 is 0 Å². The zero-order valence-electron chi connectivity index (χ0n) is 13.0. The molecule has 1 atom stereocenters. The summed E-state index contributed by atoms with van der Waals surface area (Å²) in [6.45, 7) is 5.15. The average molecular weight is 279 g/mol. The fraction of sp³-hybridized carbons (Fsp3) is 0.875. The second-order valence-electron chi connectivity index (χ2n) is 6.19. The Morgan fingerprint density at radius 2 is 2.05 bits per heavy atom. The number of aryl methyl sites for hydroxylation is 1. The third kappa shape index (κ3) is 4.05. The molecular formula is C16H29N3O. The van der Waals surface area contributed by atoms with Crippen LogP contribution in [0.4, 0.5) is 0 Å². The van der Waals surface area contributed by atoms with E-state index in [-0.39, 0.29) is 6.10 Å². The highest BCUT2D eigenvalue weighted by Crippen LogP contribution is 2.34. The van der Waals surface area contributed by atoms with Gasteiger partial charge in [0, 0.05) is 13.0 Å². The molecule has 20 heavy (non-hydrogen) atoms. The van der Waals surface area contributed by atoms with Crippen molar-refractivity contribution >= 4 is 0 Å². The Balaban J connectivity index is 1.78. The zero-order valence-corrected chi connectivity index (χ0v) is 13.0. The maximum absolute atomic E-state index is 10.4. The number of hydrogen-bond donors (Lipinski definition) is 1. The number of aromatic nitrogens is 3. The van der Waals surface area contributed by atoms with Gasteiger partial charge in [-0.2, -0.15) is 5.10 Å². The Bertz CT molecular complexity index is 383. The smallest absolute Gasteiger partial charge is 0.138 e. The van der Waals surface area contributed by atoms with Crippen LogP contribution >= 0.6 is 0 Å². The SMILES string of the molecule is CCCCC1CCC(C(O)Cc2ncnn2CC)CC1. The fourth-order valence-corrected chi connectivity index (χ4v) is 3.42. The molecule has 1 aliphatic carbocycles. The molecule has 1 aromatic rings. The van der Waals surface area contributed by atoms with Crippen molar-refractivity contribution in [2.45, 2.75) is 77.9 Å². The van der Waals surface area contributed by atoms with Crippen molar-refractivity contribution in [3.05, 3.63) is 12.2 Å². The van der Waals surface area contributed by atoms with Gasteiger partial charge in [-0.1, -0.05) is 39.0 Å². The first-order chi connectivity index (χ1) is 9.74. The highest BCUT2D eigenvalue weighted by atomic mass is 16.3. The van der Waals surface area contributed by atoms with Crippen molar-refractivity contribution in [3.63, 3.8) is 0 Å². The Morgan fingerprint density at radius 1 is 1.30 bits per heavy atom. The van der Waals surface area contributed by atoms with Gasteiger partial charge in [-0.25, -0.2) is 4.98 Å². The largest absolute Gasteiger partial charge is 0.392 e. The van der Waals surface area contributed by atoms with Gasteiger partial charge in [-0.15, -0.1) is 0 Å². The number of rotatable bonds is 7. The first kappa shape index (κ1) is 15.5. The first-order valence-corrected chi connectivity index (χ1v) is 8.29. The van der Waals surface area contributed by atoms with Crippen molar-refractivity contribution in [3.8, 4) is 0 Å². The molecule has 4 heteroatoms. The standard InChI is InChI=1S/C16H29N3O/c1-3-5-6-13-7-9-14(10-8-13)15(20)11-16-17-12-18-19(16)4-2/h12-15,20H,3-11H2,1-2H3. The van der Waals surface area contributed by atoms with Crippen LogP contribution in [0.3, 0.4) is 0 Å². The van der Waals surface area contributed by atoms with Gasteiger partial charge in [0.1, 0.15) is 12.2 Å². The van der Waals surface area contributed by atoms with Gasteiger partial charge in [0.15, 0.2) is 0 Å². The molecule has 0 saturated heterocycles. The van der Waals surface area contributed by atoms with Crippen molar-refractivity contribution in [2.75, 3.05) is 0 Å². The minimum Gasteiger partial charge on any atom is -0.392 e. The quantitative estimate of drug-likeness (QED) is 0.834. The number of hydrogen-bond acceptors (Lipinski definition) is 3. The molecule has 1 N–H and O–H groups in total. The van der Waals surface area contributed by atoms with Gasteiger partial charge < -0.3 is 5.11 Å². The van der Waals surface area contributed by atoms with Gasteiger partial charge in [0.2, 0.25) is 0 Å². The number of aliphatic hydroxyl groups excluding tert-OH is 1. The van der Waals surface area contributed by atoms with Gasteiger partial charge in [0.25, 0.3) is 0 Å². The Labute approximate surface area is 122 Å². The molecule has 0 amide bonds. The van der Waals surface area contributed by atoms with Crippen LogP contribution < -0.4 is 0 Å². The van der Waals surface area contributed by atoms with Crippen molar-refractivity contribution in [1.82, 2.24) is 14.8 Å². The topological polar surface area (TPSA) is 50.9 Å². The fourth-order valence-electron chi connectivity index (χ4n) is 3.42. The van der Waals surface area contributed by atoms with Gasteiger partial charge in [-0.05, 0) is 31.6 Å². The average Bonchev–Trinajstić information content (AvgIpc) is 2.92. The van der Waals surface area contributed by atoms with E-state index in [1.165, 1.54) is 44.9 Å². The molecule has 4 nitrogen and oxygen atoms in total. The van der Waals surface area contributed by atoms with E-state index in [4.69, 9.17) is 0 Å². The predicted molar refractivity (Wildman–Crippen MR) is 80.4 cm³/mol. The highest BCUT2D eigenvalue weighted by Gasteiger charge is 2.27. The van der Waals surface area contributed by atoms with Crippen LogP contribution in [0.5, 0.6) is 0 Å². The van der Waals surface area contributed by atoms with Crippen LogP contribution in [-0.2, 0) is 13.0 Å². The summed E-state index contributed by atoms with van der Waals surface area (Å²) in [7, 11) is 0. The van der Waals surface area contributed by atoms with Crippen LogP contribution in [0.2, 0.25) is 0 Å². The predicted octanol–water partition coefficient (Wildman–Crippen LogP) is 3.20. The van der Waals surface area contributed by atoms with Gasteiger partial charge in [-0.3, -0.25) is 4.68 Å². The molecule has 0 bridgehead atoms. The molecule has 0 radical (unpaired) electrons. The van der Waals surface area contributed by atoms with E-state index in [2.05, 4.69) is 23.9 Å². The van der Waals surface area contributed by atoms with Gasteiger partial charge in [0.05, 0.1) is 6.10 Å². The molecular weight excluding hydrogens is 250 g/mol. The third-order valence-corrected chi connectivity index (χ3v) is 4.79. The molecule has 1 saturated carbocycles. The normalized spacial score (nSPS) is 24.8. The number of aliphatic hydroxyl groups is 1. The van der Waals surface area contributed by atoms with Gasteiger partial charge >= 0.3 is 0 Å². The van der Waals surface area contributed by atoms with E-state index in [0.29, 0.717) is 12.3 Å². The summed E-state index contributed by atoms with van der Waals surface area (Å²) in [6, 6.07) is 0. The molecule has 1 heterocycles. The second-order valence-corrected chi connectivity index (χ2v) is 6.19. The zero-order chi connectivity index (χ0) is 14.4. The Kier molecular flexibility index (Phi) is 6.02. The molecule has 0 aliphatic heterocycles. The monoisotopic (exact) mass is 279 g/mol. The maximum atomic E-state index is 10.4. The lowest BCUT2D eigenvalue weighted by Crippen LogP contribution is -2.28. The second kappa shape index (κ2) is 7.77. The molecule has 2 rings (SSSR count). The molecule has 0 spiro atoms. The first-order valence-electron chi connectivity index (χ1n) is 8.29. The van der Waals surface area contributed by atoms with E-state index in [1.54, 1.807) is 6.33 Å². The molecule has 1 fully saturated rings. The van der Waals surface area contributed by atoms with Crippen LogP contribution in [0.1, 0.15) is 64.6 Å². The van der Waals surface area contributed by atoms with E-state index in [1.807, 2.05) is 4.68 Å². The van der Waals surface area contributed by atoms with E-state index in [0.717, 1.165) is 18.3 Å². The molecule has 114 valence electrons. The lowest BCUT2D eigenvalue weighted by atomic mass is 9.77. The van der Waals surface area contributed by atoms with Crippen LogP contribution in [-0.4, -0.2) is 26.0 Å². The molecule has 0 aromatic carbocycles. The Morgan fingerprint density at radius 3 is 2.70 bits per heavy atom. The summed E-state index contributed by atoms with van der Waals surface area (Å²) < 4.78 is 1.89. The third-order valence-electron chi connectivity index (χ3n) is 4.79. The van der Waals surface area contributed by atoms with Crippen LogP contribution in [0.25, 0.3) is 0 Å². The summed E-state index contributed by atoms with van der Waals surface area (Å²) in [5.41, 5.74) is 0. The number of nitrogens with zero attached hydrogens (tertiary/aromatic N) is 3. The lowest BCUT2D eigenvalue weighted by Gasteiger charge is -2.31. The Hall–Kier alpha value is -0.900. The highest BCUT2D eigenvalue weighted by molar-refractivity contribution is 4.90. The summed E-state index contributed by atoms with van der Waals surface area (Å²) in [5.74, 6) is 2.28. The minimum absolute atomic E-state index is 0.253. The minimum atomic E-state index is -0.253. The summed E-state index contributed by atoms with van der Waals surface area (Å²) in [6.07, 6.45) is 11.0. The van der Waals surface area contributed by atoms with Crippen molar-refractivity contribution in [2.24, 2.45) is 11.8 Å². The van der Waals surface area contributed by atoms with E-state index < -0.39 is 0 Å². The van der Waals surface area contributed by atoms with Crippen LogP contribution in [0, 0.1) is 11.8 Å². The summed E-state index contributed by atoms with van der Waals surface area (Å²) in [4.78, 5) is 4.27. The van der Waals surface area contributed by atoms with E-state index in [9.17, 15) is 5.11 Å². The van der Waals surface area contributed by atoms with Crippen molar-refractivity contribution in [1.29, 1.82) is 0 Å². The summed E-state index contributed by atoms with van der Waals surface area (Å²) in [5, 5.41) is 14.6. The lowest BCUT2D eigenvalue weighted by molar-refractivity contribution is 0.0702.